The van der Waals surface area contributed by atoms with Crippen LogP contribution in [0.4, 0.5) is 17.1 Å². The van der Waals surface area contributed by atoms with E-state index in [0.717, 1.165) is 47.0 Å². The van der Waals surface area contributed by atoms with Crippen molar-refractivity contribution in [2.24, 2.45) is 0 Å². The van der Waals surface area contributed by atoms with Gasteiger partial charge in [-0.25, -0.2) is 0 Å². The van der Waals surface area contributed by atoms with Crippen LogP contribution in [-0.4, -0.2) is 35.3 Å². The quantitative estimate of drug-likeness (QED) is 0.260. The molecule has 0 aliphatic carbocycles. The molecule has 2 aromatic heterocycles. The Labute approximate surface area is 193 Å². The average Bonchev–Trinajstić information content (AvgIpc) is 3.23. The van der Waals surface area contributed by atoms with Crippen molar-refractivity contribution in [1.82, 2.24) is 9.97 Å². The maximum Gasteiger partial charge on any atom is 0.144 e. The van der Waals surface area contributed by atoms with E-state index in [4.69, 9.17) is 9.47 Å². The zero-order chi connectivity index (χ0) is 23.2. The number of hydrogen-bond donors (Lipinski definition) is 4. The van der Waals surface area contributed by atoms with E-state index in [-0.39, 0.29) is 0 Å². The number of pyridine rings is 1. The van der Waals surface area contributed by atoms with E-state index in [1.54, 1.807) is 20.2 Å². The summed E-state index contributed by atoms with van der Waals surface area (Å²) in [7, 11) is 1.68. The summed E-state index contributed by atoms with van der Waals surface area (Å²) < 4.78 is 11.2. The van der Waals surface area contributed by atoms with Gasteiger partial charge in [-0.15, -0.1) is 0 Å². The summed E-state index contributed by atoms with van der Waals surface area (Å²) in [4.78, 5) is 7.51. The van der Waals surface area contributed by atoms with E-state index in [1.807, 2.05) is 49.4 Å². The van der Waals surface area contributed by atoms with Crippen LogP contribution in [0, 0.1) is 0 Å². The number of nitrogens with zero attached hydrogens (tertiary/aromatic N) is 1. The Hall–Kier alpha value is -3.71. The van der Waals surface area contributed by atoms with Crippen molar-refractivity contribution in [3.63, 3.8) is 0 Å². The maximum absolute atomic E-state index is 9.77. The minimum atomic E-state index is -0.614. The van der Waals surface area contributed by atoms with Gasteiger partial charge in [0.25, 0.3) is 0 Å². The largest absolute Gasteiger partial charge is 0.497 e. The summed E-state index contributed by atoms with van der Waals surface area (Å²) >= 11 is 0. The van der Waals surface area contributed by atoms with E-state index in [0.29, 0.717) is 12.3 Å². The first-order valence-corrected chi connectivity index (χ1v) is 11.1. The van der Waals surface area contributed by atoms with E-state index in [1.165, 1.54) is 10.9 Å². The Morgan fingerprint density at radius 2 is 1.94 bits per heavy atom. The second kappa shape index (κ2) is 10.3. The minimum absolute atomic E-state index is 0.573. The number of aromatic nitrogens is 2. The van der Waals surface area contributed by atoms with Crippen molar-refractivity contribution in [3.05, 3.63) is 72.2 Å². The summed E-state index contributed by atoms with van der Waals surface area (Å²) in [6.07, 6.45) is 4.00. The number of ether oxygens (including phenoxy) is 2. The second-order valence-corrected chi connectivity index (χ2v) is 7.82. The molecule has 2 heterocycles. The van der Waals surface area contributed by atoms with Crippen molar-refractivity contribution < 1.29 is 14.6 Å². The second-order valence-electron chi connectivity index (χ2n) is 7.82. The van der Waals surface area contributed by atoms with Gasteiger partial charge in [-0.3, -0.25) is 4.98 Å². The van der Waals surface area contributed by atoms with Crippen LogP contribution in [-0.2, 0) is 6.42 Å². The lowest BCUT2D eigenvalue weighted by Gasteiger charge is -2.15. The zero-order valence-corrected chi connectivity index (χ0v) is 19.2. The lowest BCUT2D eigenvalue weighted by molar-refractivity contribution is 0.194. The maximum atomic E-state index is 9.77. The van der Waals surface area contributed by atoms with Gasteiger partial charge in [0.1, 0.15) is 11.5 Å². The number of methoxy groups -OCH3 is 1. The van der Waals surface area contributed by atoms with Crippen molar-refractivity contribution in [3.8, 4) is 11.5 Å². The third kappa shape index (κ3) is 5.38. The molecular weight excluding hydrogens is 416 g/mol. The molecule has 1 atom stereocenters. The van der Waals surface area contributed by atoms with Crippen LogP contribution >= 0.6 is 0 Å². The Bertz CT molecular complexity index is 1220. The van der Waals surface area contributed by atoms with Gasteiger partial charge >= 0.3 is 0 Å². The van der Waals surface area contributed by atoms with Crippen LogP contribution in [0.1, 0.15) is 31.2 Å². The molecule has 1 unspecified atom stereocenters. The highest BCUT2D eigenvalue weighted by Crippen LogP contribution is 2.31. The molecule has 0 amide bonds. The highest BCUT2D eigenvalue weighted by molar-refractivity contribution is 5.84. The van der Waals surface area contributed by atoms with E-state index in [9.17, 15) is 5.11 Å². The van der Waals surface area contributed by atoms with E-state index < -0.39 is 6.10 Å². The van der Waals surface area contributed by atoms with Crippen LogP contribution in [0.3, 0.4) is 0 Å². The number of rotatable bonds is 10. The molecule has 0 radical (unpaired) electrons. The van der Waals surface area contributed by atoms with Gasteiger partial charge in [-0.1, -0.05) is 0 Å². The van der Waals surface area contributed by atoms with Gasteiger partial charge in [0.05, 0.1) is 31.2 Å². The van der Waals surface area contributed by atoms with Crippen LogP contribution in [0.25, 0.3) is 10.9 Å². The fraction of sp³-hybridized carbons (Fsp3) is 0.269. The Kier molecular flexibility index (Phi) is 7.00. The Morgan fingerprint density at radius 1 is 1.09 bits per heavy atom. The standard InChI is InChI=1S/C26H30N4O3/c1-4-33-26-14-19(30-20-10-12-28-24(13-20)17(2)31)5-8-23(26)27-11-9-18-16-29-25-15-21(32-3)6-7-22(18)25/h5-8,10,12-17,27,29,31H,4,9,11H2,1-3H3,(H,28,30). The Morgan fingerprint density at radius 3 is 2.73 bits per heavy atom. The molecule has 0 aliphatic rings. The van der Waals surface area contributed by atoms with Crippen molar-refractivity contribution in [1.29, 1.82) is 0 Å². The summed E-state index contributed by atoms with van der Waals surface area (Å²) in [5.41, 5.74) is 5.66. The monoisotopic (exact) mass is 446 g/mol. The van der Waals surface area contributed by atoms with Crippen LogP contribution < -0.4 is 20.1 Å². The van der Waals surface area contributed by atoms with Gasteiger partial charge in [0.2, 0.25) is 0 Å². The molecule has 33 heavy (non-hydrogen) atoms. The third-order valence-corrected chi connectivity index (χ3v) is 5.46. The summed E-state index contributed by atoms with van der Waals surface area (Å²) in [6.45, 7) is 5.02. The van der Waals surface area contributed by atoms with Crippen molar-refractivity contribution in [2.75, 3.05) is 30.9 Å². The van der Waals surface area contributed by atoms with E-state index >= 15 is 0 Å². The van der Waals surface area contributed by atoms with Gasteiger partial charge in [0.15, 0.2) is 0 Å². The number of aromatic amines is 1. The highest BCUT2D eigenvalue weighted by Gasteiger charge is 2.09. The van der Waals surface area contributed by atoms with Crippen LogP contribution in [0.2, 0.25) is 0 Å². The highest BCUT2D eigenvalue weighted by atomic mass is 16.5. The molecular formula is C26H30N4O3. The number of fused-ring (bicyclic) bond motifs is 1. The topological polar surface area (TPSA) is 91.4 Å². The van der Waals surface area contributed by atoms with Crippen molar-refractivity contribution >= 4 is 28.0 Å². The molecule has 0 bridgehead atoms. The van der Waals surface area contributed by atoms with E-state index in [2.05, 4.69) is 32.9 Å². The molecule has 7 heteroatoms. The number of H-pyrrole nitrogens is 1. The van der Waals surface area contributed by atoms with Gasteiger partial charge in [-0.2, -0.15) is 0 Å². The molecule has 4 rings (SSSR count). The first-order chi connectivity index (χ1) is 16.1. The molecule has 0 fully saturated rings. The fourth-order valence-electron chi connectivity index (χ4n) is 3.77. The zero-order valence-electron chi connectivity index (χ0n) is 19.2. The normalized spacial score (nSPS) is 11.9. The summed E-state index contributed by atoms with van der Waals surface area (Å²) in [5, 5.41) is 17.8. The first-order valence-electron chi connectivity index (χ1n) is 11.1. The van der Waals surface area contributed by atoms with Gasteiger partial charge < -0.3 is 30.2 Å². The fourth-order valence-corrected chi connectivity index (χ4v) is 3.77. The van der Waals surface area contributed by atoms with Crippen molar-refractivity contribution in [2.45, 2.75) is 26.4 Å². The number of benzene rings is 2. The molecule has 0 aliphatic heterocycles. The van der Waals surface area contributed by atoms with Gasteiger partial charge in [0, 0.05) is 53.3 Å². The Balaban J connectivity index is 1.44. The number of aliphatic hydroxyl groups excluding tert-OH is 1. The van der Waals surface area contributed by atoms with Gasteiger partial charge in [-0.05, 0) is 62.2 Å². The number of anilines is 3. The average molecular weight is 447 g/mol. The lowest BCUT2D eigenvalue weighted by Crippen LogP contribution is -2.07. The molecule has 0 spiro atoms. The molecule has 2 aromatic carbocycles. The number of aliphatic hydroxyl groups is 1. The first kappa shape index (κ1) is 22.5. The SMILES string of the molecule is CCOc1cc(Nc2ccnc(C(C)O)c2)ccc1NCCc1c[nH]c2cc(OC)ccc12. The van der Waals surface area contributed by atoms with Crippen LogP contribution in [0.5, 0.6) is 11.5 Å². The molecule has 4 aromatic rings. The molecule has 0 saturated carbocycles. The number of hydrogen-bond acceptors (Lipinski definition) is 6. The molecule has 172 valence electrons. The number of nitrogens with one attached hydrogen (secondary N) is 3. The summed E-state index contributed by atoms with van der Waals surface area (Å²) in [6, 6.07) is 15.8. The predicted molar refractivity (Wildman–Crippen MR) is 133 cm³/mol. The predicted octanol–water partition coefficient (Wildman–Crippen LogP) is 5.42. The lowest BCUT2D eigenvalue weighted by atomic mass is 10.1. The molecule has 0 saturated heterocycles. The minimum Gasteiger partial charge on any atom is -0.497 e. The van der Waals surface area contributed by atoms with Crippen LogP contribution in [0.15, 0.2) is 60.9 Å². The smallest absolute Gasteiger partial charge is 0.144 e. The summed E-state index contributed by atoms with van der Waals surface area (Å²) in [5.74, 6) is 1.63. The molecule has 4 N–H and O–H groups in total. The third-order valence-electron chi connectivity index (χ3n) is 5.46. The molecule has 7 nitrogen and oxygen atoms in total.